The van der Waals surface area contributed by atoms with Gasteiger partial charge in [-0.1, -0.05) is 12.8 Å². The van der Waals surface area contributed by atoms with E-state index in [1.54, 1.807) is 0 Å². The molecule has 1 saturated carbocycles. The topological polar surface area (TPSA) is 20.2 Å². The van der Waals surface area contributed by atoms with Crippen molar-refractivity contribution in [3.05, 3.63) is 0 Å². The maximum absolute atomic E-state index is 9.03. The monoisotopic (exact) mass is 188 g/mol. The van der Waals surface area contributed by atoms with Crippen LogP contribution in [0.25, 0.3) is 0 Å². The van der Waals surface area contributed by atoms with E-state index in [1.165, 1.54) is 31.4 Å². The molecule has 1 fully saturated rings. The van der Waals surface area contributed by atoms with Gasteiger partial charge in [0.25, 0.3) is 0 Å². The van der Waals surface area contributed by atoms with Crippen LogP contribution in [0, 0.1) is 5.92 Å². The van der Waals surface area contributed by atoms with Crippen LogP contribution in [-0.4, -0.2) is 22.7 Å². The van der Waals surface area contributed by atoms with E-state index in [-0.39, 0.29) is 6.10 Å². The Morgan fingerprint density at radius 2 is 2.08 bits per heavy atom. The maximum Gasteiger partial charge on any atom is 0.0520 e. The van der Waals surface area contributed by atoms with Gasteiger partial charge in [0.15, 0.2) is 0 Å². The molecule has 72 valence electrons. The SMILES string of the molecule is CC(O)CCSCC1CCCC1. The fraction of sp³-hybridized carbons (Fsp3) is 1.00. The summed E-state index contributed by atoms with van der Waals surface area (Å²) in [6.07, 6.45) is 6.63. The summed E-state index contributed by atoms with van der Waals surface area (Å²) in [4.78, 5) is 0. The van der Waals surface area contributed by atoms with Gasteiger partial charge in [0.2, 0.25) is 0 Å². The third-order valence-electron chi connectivity index (χ3n) is 2.51. The van der Waals surface area contributed by atoms with Crippen LogP contribution in [-0.2, 0) is 0 Å². The molecule has 1 rings (SSSR count). The van der Waals surface area contributed by atoms with Crippen LogP contribution in [0.2, 0.25) is 0 Å². The lowest BCUT2D eigenvalue weighted by atomic mass is 10.1. The number of thioether (sulfide) groups is 1. The number of rotatable bonds is 5. The molecule has 0 heterocycles. The van der Waals surface area contributed by atoms with Crippen molar-refractivity contribution in [1.82, 2.24) is 0 Å². The zero-order chi connectivity index (χ0) is 8.81. The summed E-state index contributed by atoms with van der Waals surface area (Å²) in [6.45, 7) is 1.87. The number of hydrogen-bond acceptors (Lipinski definition) is 2. The van der Waals surface area contributed by atoms with Crippen molar-refractivity contribution in [3.8, 4) is 0 Å². The van der Waals surface area contributed by atoms with E-state index in [9.17, 15) is 0 Å². The molecule has 0 amide bonds. The van der Waals surface area contributed by atoms with Crippen LogP contribution < -0.4 is 0 Å². The Hall–Kier alpha value is 0.310. The molecular weight excluding hydrogens is 168 g/mol. The number of hydrogen-bond donors (Lipinski definition) is 1. The highest BCUT2D eigenvalue weighted by molar-refractivity contribution is 7.99. The molecule has 1 N–H and O–H groups in total. The van der Waals surface area contributed by atoms with E-state index in [0.29, 0.717) is 0 Å². The van der Waals surface area contributed by atoms with Gasteiger partial charge in [0, 0.05) is 0 Å². The highest BCUT2D eigenvalue weighted by Gasteiger charge is 2.14. The van der Waals surface area contributed by atoms with Crippen molar-refractivity contribution in [3.63, 3.8) is 0 Å². The largest absolute Gasteiger partial charge is 0.393 e. The molecule has 0 aromatic heterocycles. The fourth-order valence-electron chi connectivity index (χ4n) is 1.68. The second-order valence-corrected chi connectivity index (χ2v) is 5.01. The van der Waals surface area contributed by atoms with E-state index in [4.69, 9.17) is 5.11 Å². The van der Waals surface area contributed by atoms with Gasteiger partial charge in [-0.25, -0.2) is 0 Å². The summed E-state index contributed by atoms with van der Waals surface area (Å²) in [5.74, 6) is 3.45. The fourth-order valence-corrected chi connectivity index (χ4v) is 3.02. The minimum absolute atomic E-state index is 0.110. The Bertz CT molecular complexity index is 108. The van der Waals surface area contributed by atoms with Gasteiger partial charge in [-0.05, 0) is 43.6 Å². The van der Waals surface area contributed by atoms with E-state index >= 15 is 0 Å². The predicted octanol–water partition coefficient (Wildman–Crippen LogP) is 2.68. The first-order valence-electron chi connectivity index (χ1n) is 5.05. The molecule has 0 aromatic rings. The second-order valence-electron chi connectivity index (χ2n) is 3.86. The Balaban J connectivity index is 1.88. The average Bonchev–Trinajstić information content (AvgIpc) is 2.49. The quantitative estimate of drug-likeness (QED) is 0.669. The van der Waals surface area contributed by atoms with Crippen molar-refractivity contribution in [2.24, 2.45) is 5.92 Å². The summed E-state index contributed by atoms with van der Waals surface area (Å²) in [7, 11) is 0. The summed E-state index contributed by atoms with van der Waals surface area (Å²) in [5.41, 5.74) is 0. The van der Waals surface area contributed by atoms with Gasteiger partial charge in [-0.3, -0.25) is 0 Å². The Kier molecular flexibility index (Phi) is 5.08. The van der Waals surface area contributed by atoms with E-state index < -0.39 is 0 Å². The third kappa shape index (κ3) is 4.36. The van der Waals surface area contributed by atoms with Gasteiger partial charge >= 0.3 is 0 Å². The lowest BCUT2D eigenvalue weighted by molar-refractivity contribution is 0.192. The first-order valence-corrected chi connectivity index (χ1v) is 6.20. The lowest BCUT2D eigenvalue weighted by Gasteiger charge is -2.08. The lowest BCUT2D eigenvalue weighted by Crippen LogP contribution is -2.03. The van der Waals surface area contributed by atoms with Gasteiger partial charge in [0.1, 0.15) is 0 Å². The summed E-state index contributed by atoms with van der Waals surface area (Å²) >= 11 is 2.02. The first kappa shape index (κ1) is 10.4. The molecule has 1 aliphatic rings. The van der Waals surface area contributed by atoms with Gasteiger partial charge in [0.05, 0.1) is 6.10 Å². The van der Waals surface area contributed by atoms with Gasteiger partial charge in [-0.2, -0.15) is 11.8 Å². The van der Waals surface area contributed by atoms with Crippen LogP contribution in [0.15, 0.2) is 0 Å². The molecule has 12 heavy (non-hydrogen) atoms. The van der Waals surface area contributed by atoms with Crippen molar-refractivity contribution in [1.29, 1.82) is 0 Å². The number of aliphatic hydroxyl groups is 1. The molecule has 0 spiro atoms. The van der Waals surface area contributed by atoms with Crippen molar-refractivity contribution in [2.45, 2.75) is 45.1 Å². The van der Waals surface area contributed by atoms with Crippen LogP contribution >= 0.6 is 11.8 Å². The standard InChI is InChI=1S/C10H20OS/c1-9(11)6-7-12-8-10-4-2-3-5-10/h9-11H,2-8H2,1H3. The van der Waals surface area contributed by atoms with E-state index in [0.717, 1.165) is 18.1 Å². The highest BCUT2D eigenvalue weighted by Crippen LogP contribution is 2.27. The van der Waals surface area contributed by atoms with E-state index in [2.05, 4.69) is 0 Å². The Morgan fingerprint density at radius 3 is 2.67 bits per heavy atom. The number of aliphatic hydroxyl groups excluding tert-OH is 1. The minimum Gasteiger partial charge on any atom is -0.393 e. The molecule has 0 radical (unpaired) electrons. The van der Waals surface area contributed by atoms with Crippen LogP contribution in [0.4, 0.5) is 0 Å². The molecule has 1 aliphatic carbocycles. The average molecular weight is 188 g/mol. The van der Waals surface area contributed by atoms with Gasteiger partial charge < -0.3 is 5.11 Å². The van der Waals surface area contributed by atoms with Crippen LogP contribution in [0.3, 0.4) is 0 Å². The maximum atomic E-state index is 9.03. The molecule has 1 atom stereocenters. The Morgan fingerprint density at radius 1 is 1.42 bits per heavy atom. The second kappa shape index (κ2) is 5.87. The molecule has 0 bridgehead atoms. The Labute approximate surface area is 79.9 Å². The minimum atomic E-state index is -0.110. The van der Waals surface area contributed by atoms with Crippen molar-refractivity contribution in [2.75, 3.05) is 11.5 Å². The first-order chi connectivity index (χ1) is 5.79. The summed E-state index contributed by atoms with van der Waals surface area (Å²) < 4.78 is 0. The molecule has 0 aromatic carbocycles. The molecule has 0 saturated heterocycles. The molecule has 1 nitrogen and oxygen atoms in total. The highest BCUT2D eigenvalue weighted by atomic mass is 32.2. The smallest absolute Gasteiger partial charge is 0.0520 e. The van der Waals surface area contributed by atoms with Crippen molar-refractivity contribution >= 4 is 11.8 Å². The summed E-state index contributed by atoms with van der Waals surface area (Å²) in [5, 5.41) is 9.03. The zero-order valence-electron chi connectivity index (χ0n) is 7.96. The van der Waals surface area contributed by atoms with Crippen molar-refractivity contribution < 1.29 is 5.11 Å². The molecule has 0 aliphatic heterocycles. The predicted molar refractivity (Wildman–Crippen MR) is 55.6 cm³/mol. The zero-order valence-corrected chi connectivity index (χ0v) is 8.78. The molecular formula is C10H20OS. The van der Waals surface area contributed by atoms with E-state index in [1.807, 2.05) is 18.7 Å². The normalized spacial score (nSPS) is 21.5. The summed E-state index contributed by atoms with van der Waals surface area (Å²) in [6, 6.07) is 0. The van der Waals surface area contributed by atoms with Gasteiger partial charge in [-0.15, -0.1) is 0 Å². The van der Waals surface area contributed by atoms with Crippen LogP contribution in [0.5, 0.6) is 0 Å². The van der Waals surface area contributed by atoms with Crippen LogP contribution in [0.1, 0.15) is 39.0 Å². The molecule has 1 unspecified atom stereocenters. The third-order valence-corrected chi connectivity index (χ3v) is 3.74. The molecule has 2 heteroatoms.